The van der Waals surface area contributed by atoms with E-state index in [4.69, 9.17) is 0 Å². The molecule has 0 bridgehead atoms. The fraction of sp³-hybridized carbons (Fsp3) is 0.174. The Morgan fingerprint density at radius 3 is 2.20 bits per heavy atom. The predicted octanol–water partition coefficient (Wildman–Crippen LogP) is 4.47. The molecule has 4 nitrogen and oxygen atoms in total. The standard InChI is InChI=1S/C23H19F2NO3S/c24-23(25)30(28,29)19-12-10-17(11-13-19)22(27)26-14-18-8-4-5-9-20(18)21(15-26)16-6-2-1-3-7-16/h1-13,21,23H,14-15H2/t21-/m1/s1. The molecule has 0 aliphatic carbocycles. The van der Waals surface area contributed by atoms with E-state index < -0.39 is 20.5 Å². The van der Waals surface area contributed by atoms with Crippen LogP contribution in [-0.2, 0) is 16.4 Å². The van der Waals surface area contributed by atoms with Crippen molar-refractivity contribution in [3.05, 3.63) is 101 Å². The molecule has 154 valence electrons. The first-order valence-corrected chi connectivity index (χ1v) is 11.0. The first-order chi connectivity index (χ1) is 14.4. The lowest BCUT2D eigenvalue weighted by Crippen LogP contribution is -2.38. The maximum absolute atomic E-state index is 13.1. The van der Waals surface area contributed by atoms with Crippen molar-refractivity contribution in [2.75, 3.05) is 6.54 Å². The first kappa shape index (κ1) is 20.2. The maximum Gasteiger partial charge on any atom is 0.341 e. The molecular formula is C23H19F2NO3S. The number of carbonyl (C=O) groups is 1. The van der Waals surface area contributed by atoms with Crippen LogP contribution in [-0.4, -0.2) is 31.5 Å². The SMILES string of the molecule is O=C(c1ccc(S(=O)(=O)C(F)F)cc1)N1Cc2ccccc2[C@@H](c2ccccc2)C1. The van der Waals surface area contributed by atoms with E-state index in [9.17, 15) is 22.0 Å². The van der Waals surface area contributed by atoms with Crippen molar-refractivity contribution < 1.29 is 22.0 Å². The van der Waals surface area contributed by atoms with Crippen LogP contribution in [0.25, 0.3) is 0 Å². The normalized spacial score (nSPS) is 16.4. The Kier molecular flexibility index (Phi) is 5.39. The van der Waals surface area contributed by atoms with E-state index in [0.717, 1.165) is 23.3 Å². The highest BCUT2D eigenvalue weighted by Gasteiger charge is 2.30. The second-order valence-corrected chi connectivity index (χ2v) is 9.10. The topological polar surface area (TPSA) is 54.5 Å². The predicted molar refractivity (Wildman–Crippen MR) is 109 cm³/mol. The van der Waals surface area contributed by atoms with Gasteiger partial charge in [0.05, 0.1) is 4.90 Å². The molecule has 4 rings (SSSR count). The molecular weight excluding hydrogens is 408 g/mol. The lowest BCUT2D eigenvalue weighted by atomic mass is 9.84. The van der Waals surface area contributed by atoms with E-state index in [0.29, 0.717) is 13.1 Å². The van der Waals surface area contributed by atoms with Crippen LogP contribution in [0, 0.1) is 0 Å². The van der Waals surface area contributed by atoms with Crippen molar-refractivity contribution in [3.63, 3.8) is 0 Å². The fourth-order valence-electron chi connectivity index (χ4n) is 3.80. The zero-order valence-corrected chi connectivity index (χ0v) is 16.7. The Balaban J connectivity index is 1.64. The molecule has 0 aromatic heterocycles. The van der Waals surface area contributed by atoms with Gasteiger partial charge in [-0.25, -0.2) is 8.42 Å². The minimum absolute atomic E-state index is 0.0126. The van der Waals surface area contributed by atoms with Crippen molar-refractivity contribution in [2.45, 2.75) is 23.1 Å². The van der Waals surface area contributed by atoms with Crippen LogP contribution in [0.5, 0.6) is 0 Å². The molecule has 0 fully saturated rings. The van der Waals surface area contributed by atoms with Crippen LogP contribution in [0.1, 0.15) is 33.0 Å². The number of halogens is 2. The van der Waals surface area contributed by atoms with Gasteiger partial charge in [-0.3, -0.25) is 4.79 Å². The zero-order chi connectivity index (χ0) is 21.3. The molecule has 3 aromatic rings. The van der Waals surface area contributed by atoms with E-state index in [-0.39, 0.29) is 17.4 Å². The smallest absolute Gasteiger partial charge is 0.333 e. The highest BCUT2D eigenvalue weighted by Crippen LogP contribution is 2.34. The van der Waals surface area contributed by atoms with Crippen LogP contribution in [0.2, 0.25) is 0 Å². The average Bonchev–Trinajstić information content (AvgIpc) is 2.78. The van der Waals surface area contributed by atoms with E-state index in [1.807, 2.05) is 48.5 Å². The average molecular weight is 427 g/mol. The Morgan fingerprint density at radius 1 is 0.900 bits per heavy atom. The van der Waals surface area contributed by atoms with E-state index in [1.165, 1.54) is 17.7 Å². The lowest BCUT2D eigenvalue weighted by molar-refractivity contribution is 0.0725. The van der Waals surface area contributed by atoms with Crippen LogP contribution in [0.15, 0.2) is 83.8 Å². The van der Waals surface area contributed by atoms with Crippen LogP contribution in [0.3, 0.4) is 0 Å². The summed E-state index contributed by atoms with van der Waals surface area (Å²) in [5, 5.41) is 0. The molecule has 0 spiro atoms. The number of carbonyl (C=O) groups excluding carboxylic acids is 1. The third-order valence-electron chi connectivity index (χ3n) is 5.35. The van der Waals surface area contributed by atoms with Gasteiger partial charge in [0.2, 0.25) is 9.84 Å². The summed E-state index contributed by atoms with van der Waals surface area (Å²) in [4.78, 5) is 14.3. The molecule has 1 atom stereocenters. The van der Waals surface area contributed by atoms with E-state index >= 15 is 0 Å². The van der Waals surface area contributed by atoms with Gasteiger partial charge in [0, 0.05) is 24.6 Å². The third-order valence-corrected chi connectivity index (χ3v) is 6.75. The van der Waals surface area contributed by atoms with Gasteiger partial charge in [0.1, 0.15) is 0 Å². The van der Waals surface area contributed by atoms with Crippen molar-refractivity contribution in [2.24, 2.45) is 0 Å². The second kappa shape index (κ2) is 7.99. The van der Waals surface area contributed by atoms with Gasteiger partial charge in [-0.15, -0.1) is 0 Å². The first-order valence-electron chi connectivity index (χ1n) is 9.42. The summed E-state index contributed by atoms with van der Waals surface area (Å²) in [6.45, 7) is 0.895. The Bertz CT molecular complexity index is 1160. The van der Waals surface area contributed by atoms with Crippen LogP contribution >= 0.6 is 0 Å². The molecule has 1 heterocycles. The van der Waals surface area contributed by atoms with Gasteiger partial charge in [-0.05, 0) is 41.0 Å². The molecule has 7 heteroatoms. The number of amides is 1. The molecule has 1 aliphatic rings. The minimum atomic E-state index is -4.69. The maximum atomic E-state index is 13.1. The zero-order valence-electron chi connectivity index (χ0n) is 15.9. The fourth-order valence-corrected chi connectivity index (χ4v) is 4.53. The van der Waals surface area contributed by atoms with E-state index in [2.05, 4.69) is 6.07 Å². The van der Waals surface area contributed by atoms with Gasteiger partial charge in [0.25, 0.3) is 5.91 Å². The Labute approximate surface area is 173 Å². The third kappa shape index (κ3) is 3.73. The summed E-state index contributed by atoms with van der Waals surface area (Å²) >= 11 is 0. The number of benzene rings is 3. The summed E-state index contributed by atoms with van der Waals surface area (Å²) in [7, 11) is -4.69. The molecule has 0 saturated heterocycles. The molecule has 30 heavy (non-hydrogen) atoms. The number of sulfone groups is 1. The second-order valence-electron chi connectivity index (χ2n) is 7.18. The van der Waals surface area contributed by atoms with Crippen molar-refractivity contribution in [3.8, 4) is 0 Å². The molecule has 0 N–H and O–H groups in total. The molecule has 0 radical (unpaired) electrons. The quantitative estimate of drug-likeness (QED) is 0.617. The van der Waals surface area contributed by atoms with Gasteiger partial charge in [-0.1, -0.05) is 54.6 Å². The molecule has 3 aromatic carbocycles. The minimum Gasteiger partial charge on any atom is -0.333 e. The number of hydrogen-bond acceptors (Lipinski definition) is 3. The monoisotopic (exact) mass is 427 g/mol. The van der Waals surface area contributed by atoms with Gasteiger partial charge in [0.15, 0.2) is 0 Å². The summed E-state index contributed by atoms with van der Waals surface area (Å²) in [6.07, 6.45) is 0. The highest BCUT2D eigenvalue weighted by atomic mass is 32.2. The number of rotatable bonds is 4. The van der Waals surface area contributed by atoms with E-state index in [1.54, 1.807) is 4.90 Å². The van der Waals surface area contributed by atoms with Crippen molar-refractivity contribution >= 4 is 15.7 Å². The number of fused-ring (bicyclic) bond motifs is 1. The summed E-state index contributed by atoms with van der Waals surface area (Å²) in [5.74, 6) is -3.76. The highest BCUT2D eigenvalue weighted by molar-refractivity contribution is 7.91. The number of nitrogens with zero attached hydrogens (tertiary/aromatic N) is 1. The molecule has 1 aliphatic heterocycles. The molecule has 0 unspecified atom stereocenters. The van der Waals surface area contributed by atoms with Crippen molar-refractivity contribution in [1.82, 2.24) is 4.90 Å². The van der Waals surface area contributed by atoms with Gasteiger partial charge in [-0.2, -0.15) is 8.78 Å². The Hall–Kier alpha value is -3.06. The summed E-state index contributed by atoms with van der Waals surface area (Å²) in [6, 6.07) is 22.6. The number of hydrogen-bond donors (Lipinski definition) is 0. The Morgan fingerprint density at radius 2 is 1.53 bits per heavy atom. The van der Waals surface area contributed by atoms with Crippen LogP contribution in [0.4, 0.5) is 8.78 Å². The summed E-state index contributed by atoms with van der Waals surface area (Å²) in [5.41, 5.74) is 3.57. The largest absolute Gasteiger partial charge is 0.341 e. The van der Waals surface area contributed by atoms with Gasteiger partial charge < -0.3 is 4.90 Å². The molecule has 1 amide bonds. The summed E-state index contributed by atoms with van der Waals surface area (Å²) < 4.78 is 48.7. The van der Waals surface area contributed by atoms with Crippen molar-refractivity contribution in [1.29, 1.82) is 0 Å². The number of alkyl halides is 2. The lowest BCUT2D eigenvalue weighted by Gasteiger charge is -2.35. The molecule has 0 saturated carbocycles. The van der Waals surface area contributed by atoms with Crippen LogP contribution < -0.4 is 0 Å². The van der Waals surface area contributed by atoms with Gasteiger partial charge >= 0.3 is 5.76 Å².